The van der Waals surface area contributed by atoms with Crippen LogP contribution in [0.15, 0.2) is 24.3 Å². The van der Waals surface area contributed by atoms with E-state index in [2.05, 4.69) is 35.8 Å². The summed E-state index contributed by atoms with van der Waals surface area (Å²) in [6.45, 7) is 4.21. The average Bonchev–Trinajstić information content (AvgIpc) is 2.57. The number of benzene rings is 1. The summed E-state index contributed by atoms with van der Waals surface area (Å²) in [5.74, 6) is 0.292. The van der Waals surface area contributed by atoms with Crippen LogP contribution in [0.3, 0.4) is 0 Å². The van der Waals surface area contributed by atoms with Gasteiger partial charge in [0.25, 0.3) is 0 Å². The van der Waals surface area contributed by atoms with E-state index in [0.717, 1.165) is 31.6 Å². The highest BCUT2D eigenvalue weighted by atomic mass is 16.1. The Morgan fingerprint density at radius 1 is 1.18 bits per heavy atom. The van der Waals surface area contributed by atoms with Gasteiger partial charge in [-0.3, -0.25) is 4.79 Å². The van der Waals surface area contributed by atoms with Gasteiger partial charge in [0.15, 0.2) is 0 Å². The molecule has 0 spiro atoms. The molecule has 2 fully saturated rings. The van der Waals surface area contributed by atoms with E-state index in [1.165, 1.54) is 37.7 Å². The molecule has 0 radical (unpaired) electrons. The van der Waals surface area contributed by atoms with E-state index in [4.69, 9.17) is 0 Å². The topological polar surface area (TPSA) is 41.1 Å². The van der Waals surface area contributed by atoms with Crippen LogP contribution >= 0.6 is 0 Å². The monoisotopic (exact) mass is 300 g/mol. The quantitative estimate of drug-likeness (QED) is 0.890. The Kier molecular flexibility index (Phi) is 4.82. The largest absolute Gasteiger partial charge is 0.326 e. The molecule has 120 valence electrons. The molecule has 0 aromatic heterocycles. The Hall–Kier alpha value is -1.35. The summed E-state index contributed by atoms with van der Waals surface area (Å²) in [5, 5.41) is 6.55. The third kappa shape index (κ3) is 3.35. The summed E-state index contributed by atoms with van der Waals surface area (Å²) >= 11 is 0. The standard InChI is InChI=1S/C19H28N2O/c1-19(11-5-2-6-12-19)16-9-3-4-10-17(16)21-18(22)15-8-7-13-20-14-15/h3-4,9-10,15,20H,2,5-8,11-14H2,1H3,(H,21,22)/t15-/m0/s1. The van der Waals surface area contributed by atoms with Crippen molar-refractivity contribution in [3.8, 4) is 0 Å². The Bertz CT molecular complexity index is 514. The third-order valence-electron chi connectivity index (χ3n) is 5.46. The molecule has 1 saturated heterocycles. The van der Waals surface area contributed by atoms with Crippen molar-refractivity contribution in [3.63, 3.8) is 0 Å². The van der Waals surface area contributed by atoms with Gasteiger partial charge in [-0.1, -0.05) is 44.4 Å². The maximum Gasteiger partial charge on any atom is 0.228 e. The van der Waals surface area contributed by atoms with E-state index in [1.54, 1.807) is 0 Å². The van der Waals surface area contributed by atoms with Crippen molar-refractivity contribution < 1.29 is 4.79 Å². The predicted octanol–water partition coefficient (Wildman–Crippen LogP) is 3.85. The van der Waals surface area contributed by atoms with Crippen molar-refractivity contribution in [2.75, 3.05) is 18.4 Å². The number of anilines is 1. The predicted molar refractivity (Wildman–Crippen MR) is 91.1 cm³/mol. The van der Waals surface area contributed by atoms with Crippen molar-refractivity contribution in [2.24, 2.45) is 5.92 Å². The van der Waals surface area contributed by atoms with E-state index >= 15 is 0 Å². The lowest BCUT2D eigenvalue weighted by atomic mass is 9.70. The van der Waals surface area contributed by atoms with Crippen LogP contribution in [0.5, 0.6) is 0 Å². The van der Waals surface area contributed by atoms with Crippen LogP contribution < -0.4 is 10.6 Å². The van der Waals surface area contributed by atoms with Crippen molar-refractivity contribution in [2.45, 2.75) is 57.3 Å². The number of piperidine rings is 1. The Morgan fingerprint density at radius 2 is 1.95 bits per heavy atom. The molecule has 0 bridgehead atoms. The lowest BCUT2D eigenvalue weighted by Crippen LogP contribution is -2.37. The van der Waals surface area contributed by atoms with E-state index in [1.807, 2.05) is 6.07 Å². The molecule has 3 heteroatoms. The first-order valence-corrected chi connectivity index (χ1v) is 8.80. The Balaban J connectivity index is 1.77. The zero-order chi connectivity index (χ0) is 15.4. The van der Waals surface area contributed by atoms with E-state index in [-0.39, 0.29) is 17.2 Å². The summed E-state index contributed by atoms with van der Waals surface area (Å²) in [5.41, 5.74) is 2.57. The summed E-state index contributed by atoms with van der Waals surface area (Å²) < 4.78 is 0. The van der Waals surface area contributed by atoms with Gasteiger partial charge in [0.05, 0.1) is 5.92 Å². The minimum absolute atomic E-state index is 0.112. The molecule has 3 rings (SSSR count). The lowest BCUT2D eigenvalue weighted by Gasteiger charge is -2.36. The summed E-state index contributed by atoms with van der Waals surface area (Å²) in [6.07, 6.45) is 8.49. The fourth-order valence-electron chi connectivity index (χ4n) is 4.03. The van der Waals surface area contributed by atoms with Crippen molar-refractivity contribution >= 4 is 11.6 Å². The smallest absolute Gasteiger partial charge is 0.228 e. The second-order valence-electron chi connectivity index (χ2n) is 7.20. The normalized spacial score (nSPS) is 24.7. The Morgan fingerprint density at radius 3 is 2.68 bits per heavy atom. The minimum atomic E-state index is 0.112. The van der Waals surface area contributed by atoms with E-state index in [9.17, 15) is 4.79 Å². The molecule has 3 nitrogen and oxygen atoms in total. The number of hydrogen-bond acceptors (Lipinski definition) is 2. The molecular formula is C19H28N2O. The fraction of sp³-hybridized carbons (Fsp3) is 0.632. The van der Waals surface area contributed by atoms with Gasteiger partial charge in [-0.05, 0) is 49.3 Å². The average molecular weight is 300 g/mol. The number of para-hydroxylation sites is 1. The molecule has 22 heavy (non-hydrogen) atoms. The SMILES string of the molecule is CC1(c2ccccc2NC(=O)[C@H]2CCCNC2)CCCCC1. The van der Waals surface area contributed by atoms with Crippen LogP contribution in [-0.2, 0) is 10.2 Å². The third-order valence-corrected chi connectivity index (χ3v) is 5.46. The van der Waals surface area contributed by atoms with Gasteiger partial charge in [-0.25, -0.2) is 0 Å². The van der Waals surface area contributed by atoms with Crippen LogP contribution in [-0.4, -0.2) is 19.0 Å². The zero-order valence-electron chi connectivity index (χ0n) is 13.7. The van der Waals surface area contributed by atoms with Gasteiger partial charge < -0.3 is 10.6 Å². The lowest BCUT2D eigenvalue weighted by molar-refractivity contribution is -0.120. The maximum absolute atomic E-state index is 12.6. The first-order chi connectivity index (χ1) is 10.7. The molecule has 1 aromatic rings. The molecular weight excluding hydrogens is 272 g/mol. The summed E-state index contributed by atoms with van der Waals surface area (Å²) in [6, 6.07) is 8.42. The molecule has 1 aliphatic carbocycles. The van der Waals surface area contributed by atoms with Gasteiger partial charge in [0, 0.05) is 12.2 Å². The molecule has 1 aromatic carbocycles. The van der Waals surface area contributed by atoms with Crippen LogP contribution in [0.1, 0.15) is 57.4 Å². The number of rotatable bonds is 3. The van der Waals surface area contributed by atoms with E-state index < -0.39 is 0 Å². The summed E-state index contributed by atoms with van der Waals surface area (Å²) in [7, 11) is 0. The maximum atomic E-state index is 12.6. The van der Waals surface area contributed by atoms with Crippen molar-refractivity contribution in [3.05, 3.63) is 29.8 Å². The molecule has 2 aliphatic rings. The van der Waals surface area contributed by atoms with Crippen LogP contribution in [0.2, 0.25) is 0 Å². The van der Waals surface area contributed by atoms with Crippen LogP contribution in [0.25, 0.3) is 0 Å². The highest BCUT2D eigenvalue weighted by Gasteiger charge is 2.31. The number of carbonyl (C=O) groups is 1. The molecule has 1 atom stereocenters. The molecule has 1 aliphatic heterocycles. The van der Waals surface area contributed by atoms with Gasteiger partial charge in [-0.2, -0.15) is 0 Å². The molecule has 1 heterocycles. The van der Waals surface area contributed by atoms with E-state index in [0.29, 0.717) is 0 Å². The molecule has 1 amide bonds. The minimum Gasteiger partial charge on any atom is -0.326 e. The first-order valence-electron chi connectivity index (χ1n) is 8.80. The van der Waals surface area contributed by atoms with Gasteiger partial charge in [0.2, 0.25) is 5.91 Å². The molecule has 1 saturated carbocycles. The second kappa shape index (κ2) is 6.82. The fourth-order valence-corrected chi connectivity index (χ4v) is 4.03. The van der Waals surface area contributed by atoms with Gasteiger partial charge in [0.1, 0.15) is 0 Å². The van der Waals surface area contributed by atoms with Crippen LogP contribution in [0.4, 0.5) is 5.69 Å². The van der Waals surface area contributed by atoms with Crippen molar-refractivity contribution in [1.82, 2.24) is 5.32 Å². The number of hydrogen-bond donors (Lipinski definition) is 2. The number of carbonyl (C=O) groups excluding carboxylic acids is 1. The molecule has 0 unspecified atom stereocenters. The number of amides is 1. The highest BCUT2D eigenvalue weighted by Crippen LogP contribution is 2.42. The van der Waals surface area contributed by atoms with Crippen LogP contribution in [0, 0.1) is 5.92 Å². The second-order valence-corrected chi connectivity index (χ2v) is 7.20. The number of nitrogens with one attached hydrogen (secondary N) is 2. The highest BCUT2D eigenvalue weighted by molar-refractivity contribution is 5.93. The summed E-state index contributed by atoms with van der Waals surface area (Å²) in [4.78, 5) is 12.6. The van der Waals surface area contributed by atoms with Gasteiger partial charge in [-0.15, -0.1) is 0 Å². The zero-order valence-corrected chi connectivity index (χ0v) is 13.7. The van der Waals surface area contributed by atoms with Crippen molar-refractivity contribution in [1.29, 1.82) is 0 Å². The molecule has 2 N–H and O–H groups in total. The first kappa shape index (κ1) is 15.5. The van der Waals surface area contributed by atoms with Gasteiger partial charge >= 0.3 is 0 Å². The Labute approximate surface area is 133 Å².